The minimum atomic E-state index is -2.07. The number of aromatic nitrogens is 2. The fourth-order valence-corrected chi connectivity index (χ4v) is 9.55. The second-order valence-corrected chi connectivity index (χ2v) is 20.9. The molecule has 6 heterocycles. The van der Waals surface area contributed by atoms with Crippen LogP contribution in [0.25, 0.3) is 22.3 Å². The van der Waals surface area contributed by atoms with E-state index in [4.69, 9.17) is 34.4 Å². The maximum atomic E-state index is 14.4. The molecule has 1 aromatic carbocycles. The molecule has 0 bridgehead atoms. The fraction of sp³-hybridized carbons (Fsp3) is 0.588. The molecule has 1 saturated heterocycles. The Morgan fingerprint density at radius 2 is 1.59 bits per heavy atom. The van der Waals surface area contributed by atoms with Gasteiger partial charge in [-0.05, 0) is 85.3 Å². The topological polar surface area (TPSA) is 276 Å². The second kappa shape index (κ2) is 22.7. The molecule has 0 aliphatic carbocycles. The zero-order valence-corrected chi connectivity index (χ0v) is 43.8. The predicted molar refractivity (Wildman–Crippen MR) is 268 cm³/mol. The van der Waals surface area contributed by atoms with E-state index < -0.39 is 88.9 Å². The zero-order valence-electron chi connectivity index (χ0n) is 43.8. The fourth-order valence-electron chi connectivity index (χ4n) is 9.55. The highest BCUT2D eigenvalue weighted by Gasteiger charge is 2.52. The molecule has 0 radical (unpaired) electrons. The number of hydrogen-bond donors (Lipinski definition) is 4. The highest BCUT2D eigenvalue weighted by molar-refractivity contribution is 5.97. The lowest BCUT2D eigenvalue weighted by Gasteiger charge is -2.37. The van der Waals surface area contributed by atoms with Crippen LogP contribution in [-0.4, -0.2) is 175 Å². The van der Waals surface area contributed by atoms with Gasteiger partial charge in [0.15, 0.2) is 11.5 Å². The Kier molecular flexibility index (Phi) is 16.9. The van der Waals surface area contributed by atoms with Crippen LogP contribution in [0.15, 0.2) is 29.1 Å². The van der Waals surface area contributed by atoms with Gasteiger partial charge in [-0.2, -0.15) is 0 Å². The van der Waals surface area contributed by atoms with Crippen LogP contribution in [0.4, 0.5) is 4.79 Å². The van der Waals surface area contributed by atoms with E-state index in [0.29, 0.717) is 61.0 Å². The summed E-state index contributed by atoms with van der Waals surface area (Å²) < 4.78 is 29.6. The van der Waals surface area contributed by atoms with Crippen LogP contribution in [0.3, 0.4) is 0 Å². The molecule has 0 saturated carbocycles. The second-order valence-electron chi connectivity index (χ2n) is 20.9. The first kappa shape index (κ1) is 54.9. The molecular weight excluding hydrogens is 961 g/mol. The van der Waals surface area contributed by atoms with Gasteiger partial charge < -0.3 is 64.6 Å². The maximum Gasteiger partial charge on any atom is 0.407 e. The first-order valence-electron chi connectivity index (χ1n) is 25.1. The van der Waals surface area contributed by atoms with Gasteiger partial charge in [0.05, 0.1) is 42.0 Å². The number of likely N-dealkylation sites (N-methyl/N-ethyl adjacent to an activating group) is 3. The summed E-state index contributed by atoms with van der Waals surface area (Å²) in [5, 5.41) is 8.94. The van der Waals surface area contributed by atoms with Gasteiger partial charge in [0.2, 0.25) is 36.0 Å². The Bertz CT molecular complexity index is 2740. The van der Waals surface area contributed by atoms with Crippen LogP contribution < -0.4 is 36.7 Å². The van der Waals surface area contributed by atoms with E-state index in [9.17, 15) is 38.4 Å². The van der Waals surface area contributed by atoms with Crippen molar-refractivity contribution in [1.29, 1.82) is 0 Å². The summed E-state index contributed by atoms with van der Waals surface area (Å²) in [4.78, 5) is 121. The molecule has 0 unspecified atom stereocenters. The summed E-state index contributed by atoms with van der Waals surface area (Å²) in [5.74, 6) is -4.05. The SMILES string of the molecule is CC[C@@]1(OC(=O)[C@@H](NC(=O)[C@@H]2CCCN2C(=O)[C@H](CC(N)=O)NC(=O)CN(C)CCN(C)CCN(C)CCNC(=O)OC(C)(C)C)C(C)C)C(=O)OCc2c1cc1n(c2=O)Cc2cc3cc4c(cc3nc2-1)OCO4. The summed E-state index contributed by atoms with van der Waals surface area (Å²) in [6.45, 7) is 14.0. The summed E-state index contributed by atoms with van der Waals surface area (Å²) in [6, 6.07) is 3.37. The molecule has 5 amide bonds. The number of carbonyl (C=O) groups is 7. The third-order valence-electron chi connectivity index (χ3n) is 13.6. The quantitative estimate of drug-likeness (QED) is 0.0674. The van der Waals surface area contributed by atoms with Gasteiger partial charge in [-0.3, -0.25) is 28.9 Å². The number of alkyl carbamates (subject to hydrolysis) is 1. The van der Waals surface area contributed by atoms with Crippen molar-refractivity contribution in [2.75, 3.05) is 80.3 Å². The number of rotatable bonds is 21. The summed E-state index contributed by atoms with van der Waals surface area (Å²) in [6.07, 6.45) is -0.476. The number of esters is 2. The standard InChI is InChI=1S/C51H70N10O13/c1-10-51(33-22-37-43-31(25-61(37)45(65)32(33)27-70-48(51)68)20-30-21-38-39(72-28-71-38)23-34(30)55-43)73-47(67)42(29(2)3)56-44(64)36-12-11-14-60(36)46(66)35(24-40(52)62)54-41(63)26-59(9)19-18-58(8)17-16-57(7)15-13-53-49(69)74-50(4,5)6/h20-23,29,35-36,42H,10-19,24-28H2,1-9H3,(H2,52,62)(H,53,69)(H,54,63)(H,56,64)/t35-,36-,42-,51-/m0/s1. The molecule has 7 rings (SSSR count). The number of ether oxygens (including phenoxy) is 5. The minimum absolute atomic E-state index is 0.0885. The van der Waals surface area contributed by atoms with E-state index in [0.717, 1.165) is 24.0 Å². The summed E-state index contributed by atoms with van der Waals surface area (Å²) >= 11 is 0. The lowest BCUT2D eigenvalue weighted by atomic mass is 9.85. The Labute approximate surface area is 429 Å². The largest absolute Gasteiger partial charge is 0.457 e. The molecule has 5 N–H and O–H groups in total. The van der Waals surface area contributed by atoms with Gasteiger partial charge >= 0.3 is 18.0 Å². The molecular formula is C51H70N10O13. The molecule has 23 nitrogen and oxygen atoms in total. The first-order chi connectivity index (χ1) is 35.0. The number of cyclic esters (lactones) is 1. The minimum Gasteiger partial charge on any atom is -0.457 e. The van der Waals surface area contributed by atoms with E-state index >= 15 is 0 Å². The summed E-state index contributed by atoms with van der Waals surface area (Å²) in [5.41, 5.74) is 5.08. The molecule has 3 aromatic rings. The molecule has 23 heteroatoms. The number of likely N-dealkylation sites (tertiary alicyclic amines) is 1. The average molecular weight is 1030 g/mol. The molecule has 2 aromatic heterocycles. The molecule has 402 valence electrons. The van der Waals surface area contributed by atoms with Crippen molar-refractivity contribution >= 4 is 52.6 Å². The zero-order chi connectivity index (χ0) is 53.8. The van der Waals surface area contributed by atoms with Gasteiger partial charge in [0.1, 0.15) is 30.3 Å². The molecule has 74 heavy (non-hydrogen) atoms. The van der Waals surface area contributed by atoms with E-state index in [1.54, 1.807) is 70.2 Å². The molecule has 0 spiro atoms. The van der Waals surface area contributed by atoms with Crippen LogP contribution in [0.1, 0.15) is 83.9 Å². The number of benzene rings is 1. The molecule has 4 atom stereocenters. The highest BCUT2D eigenvalue weighted by Crippen LogP contribution is 2.43. The number of fused-ring (bicyclic) bond motifs is 6. The van der Waals surface area contributed by atoms with Crippen LogP contribution in [0.5, 0.6) is 11.5 Å². The molecule has 4 aliphatic heterocycles. The van der Waals surface area contributed by atoms with Crippen LogP contribution >= 0.6 is 0 Å². The van der Waals surface area contributed by atoms with E-state index in [1.807, 2.05) is 26.2 Å². The van der Waals surface area contributed by atoms with Crippen molar-refractivity contribution in [3.8, 4) is 22.9 Å². The number of amides is 5. The van der Waals surface area contributed by atoms with Crippen molar-refractivity contribution in [2.24, 2.45) is 11.7 Å². The van der Waals surface area contributed by atoms with Crippen molar-refractivity contribution in [1.82, 2.24) is 45.1 Å². The lowest BCUT2D eigenvalue weighted by Crippen LogP contribution is -2.58. The smallest absolute Gasteiger partial charge is 0.407 e. The number of pyridine rings is 2. The van der Waals surface area contributed by atoms with Crippen molar-refractivity contribution in [3.05, 3.63) is 51.3 Å². The van der Waals surface area contributed by atoms with Gasteiger partial charge in [0, 0.05) is 68.4 Å². The third-order valence-corrected chi connectivity index (χ3v) is 13.6. The van der Waals surface area contributed by atoms with Crippen molar-refractivity contribution < 1.29 is 57.2 Å². The average Bonchev–Trinajstić information content (AvgIpc) is 4.09. The van der Waals surface area contributed by atoms with Crippen molar-refractivity contribution in [3.63, 3.8) is 0 Å². The Morgan fingerprint density at radius 1 is 0.919 bits per heavy atom. The number of carbonyl (C=O) groups excluding carboxylic acids is 7. The van der Waals surface area contributed by atoms with Crippen LogP contribution in [0.2, 0.25) is 0 Å². The van der Waals surface area contributed by atoms with E-state index in [1.165, 1.54) is 4.90 Å². The first-order valence-corrected chi connectivity index (χ1v) is 25.1. The Balaban J connectivity index is 0.968. The maximum absolute atomic E-state index is 14.4. The Hall–Kier alpha value is -6.85. The third kappa shape index (κ3) is 12.4. The number of nitrogens with zero attached hydrogens (tertiary/aromatic N) is 6. The Morgan fingerprint density at radius 3 is 2.26 bits per heavy atom. The lowest BCUT2D eigenvalue weighted by molar-refractivity contribution is -0.191. The van der Waals surface area contributed by atoms with Gasteiger partial charge in [-0.15, -0.1) is 0 Å². The normalized spacial score (nSPS) is 18.5. The number of nitrogens with two attached hydrogens (primary N) is 1. The van der Waals surface area contributed by atoms with Gasteiger partial charge in [-0.25, -0.2) is 19.4 Å². The van der Waals surface area contributed by atoms with Gasteiger partial charge in [-0.1, -0.05) is 20.8 Å². The predicted octanol–water partition coefficient (Wildman–Crippen LogP) is 1.17. The van der Waals surface area contributed by atoms with Crippen molar-refractivity contribution in [2.45, 2.75) is 110 Å². The van der Waals surface area contributed by atoms with E-state index in [-0.39, 0.29) is 57.0 Å². The number of hydrogen-bond acceptors (Lipinski definition) is 17. The van der Waals surface area contributed by atoms with Crippen LogP contribution in [0, 0.1) is 5.92 Å². The van der Waals surface area contributed by atoms with Crippen LogP contribution in [-0.2, 0) is 61.7 Å². The highest BCUT2D eigenvalue weighted by atomic mass is 16.7. The monoisotopic (exact) mass is 1030 g/mol. The number of nitrogens with one attached hydrogen (secondary N) is 3. The van der Waals surface area contributed by atoms with Gasteiger partial charge in [0.25, 0.3) is 5.56 Å². The molecule has 4 aliphatic rings. The van der Waals surface area contributed by atoms with E-state index in [2.05, 4.69) is 25.8 Å². The number of primary amides is 1. The summed E-state index contributed by atoms with van der Waals surface area (Å²) in [7, 11) is 5.66. The molecule has 1 fully saturated rings.